The van der Waals surface area contributed by atoms with Crippen molar-refractivity contribution in [2.24, 2.45) is 0 Å². The predicted octanol–water partition coefficient (Wildman–Crippen LogP) is 2.21. The lowest BCUT2D eigenvalue weighted by atomic mass is 10.1. The van der Waals surface area contributed by atoms with Crippen LogP contribution in [-0.2, 0) is 4.79 Å². The number of pyridine rings is 1. The normalized spacial score (nSPS) is 14.0. The Kier molecular flexibility index (Phi) is 5.71. The van der Waals surface area contributed by atoms with Crippen LogP contribution in [0.3, 0.4) is 0 Å². The average Bonchev–Trinajstić information content (AvgIpc) is 2.70. The first-order chi connectivity index (χ1) is 13.0. The minimum absolute atomic E-state index is 0.199. The van der Waals surface area contributed by atoms with Gasteiger partial charge in [-0.15, -0.1) is 0 Å². The summed E-state index contributed by atoms with van der Waals surface area (Å²) >= 11 is 5.98. The number of nitrogens with one attached hydrogen (secondary N) is 1. The molecule has 0 saturated carbocycles. The van der Waals surface area contributed by atoms with E-state index in [2.05, 4.69) is 10.3 Å². The Labute approximate surface area is 161 Å². The second-order valence-electron chi connectivity index (χ2n) is 6.28. The molecule has 0 unspecified atom stereocenters. The van der Waals surface area contributed by atoms with Crippen LogP contribution in [0.15, 0.2) is 36.5 Å². The molecule has 0 spiro atoms. The molecule has 1 N–H and O–H groups in total. The van der Waals surface area contributed by atoms with Gasteiger partial charge in [0.15, 0.2) is 0 Å². The van der Waals surface area contributed by atoms with Gasteiger partial charge in [-0.2, -0.15) is 0 Å². The van der Waals surface area contributed by atoms with Gasteiger partial charge in [-0.1, -0.05) is 17.7 Å². The van der Waals surface area contributed by atoms with E-state index in [1.807, 2.05) is 13.0 Å². The Morgan fingerprint density at radius 1 is 1.15 bits per heavy atom. The average molecular weight is 387 g/mol. The molecule has 0 bridgehead atoms. The Morgan fingerprint density at radius 3 is 2.59 bits per heavy atom. The molecule has 140 valence electrons. The summed E-state index contributed by atoms with van der Waals surface area (Å²) in [6.45, 7) is 3.73. The van der Waals surface area contributed by atoms with Gasteiger partial charge in [0.05, 0.1) is 0 Å². The molecule has 3 rings (SSSR count). The fourth-order valence-corrected chi connectivity index (χ4v) is 2.98. The lowest BCUT2D eigenvalue weighted by molar-refractivity contribution is -0.119. The van der Waals surface area contributed by atoms with Crippen molar-refractivity contribution in [1.29, 1.82) is 0 Å². The predicted molar refractivity (Wildman–Crippen MR) is 102 cm³/mol. The number of nitrogens with zero attached hydrogens (tertiary/aromatic N) is 3. The van der Waals surface area contributed by atoms with Crippen molar-refractivity contribution in [3.63, 3.8) is 0 Å². The molecular weight excluding hydrogens is 368 g/mol. The van der Waals surface area contributed by atoms with Crippen LogP contribution in [-0.4, -0.2) is 59.2 Å². The Balaban J connectivity index is 1.73. The van der Waals surface area contributed by atoms with Crippen molar-refractivity contribution >= 4 is 35.5 Å². The van der Waals surface area contributed by atoms with E-state index in [1.54, 1.807) is 28.0 Å². The minimum Gasteiger partial charge on any atom is -0.342 e. The van der Waals surface area contributed by atoms with Crippen molar-refractivity contribution in [3.8, 4) is 0 Å². The number of hydrogen-bond donors (Lipinski definition) is 1. The maximum Gasteiger partial charge on any atom is 0.272 e. The molecule has 3 amide bonds. The molecule has 0 radical (unpaired) electrons. The fraction of sp³-hybridized carbons (Fsp3) is 0.263. The summed E-state index contributed by atoms with van der Waals surface area (Å²) in [6, 6.07) is 8.27. The van der Waals surface area contributed by atoms with Crippen LogP contribution >= 0.6 is 11.6 Å². The van der Waals surface area contributed by atoms with Crippen LogP contribution in [0, 0.1) is 6.92 Å². The van der Waals surface area contributed by atoms with Gasteiger partial charge in [-0.05, 0) is 36.8 Å². The standard InChI is InChI=1S/C19H19ClN4O3/c1-13-2-3-15(20)11-16(13)22-18(26)14-4-5-21-17(10-14)19(27)24-8-6-23(12-25)7-9-24/h2-5,10-12H,6-9H2,1H3,(H,22,26). The van der Waals surface area contributed by atoms with Crippen LogP contribution in [0.25, 0.3) is 0 Å². The summed E-state index contributed by atoms with van der Waals surface area (Å²) in [5.41, 5.74) is 2.03. The maximum absolute atomic E-state index is 12.6. The number of hydrogen-bond acceptors (Lipinski definition) is 4. The van der Waals surface area contributed by atoms with E-state index in [9.17, 15) is 14.4 Å². The van der Waals surface area contributed by atoms with Gasteiger partial charge in [-0.25, -0.2) is 0 Å². The third-order valence-electron chi connectivity index (χ3n) is 4.44. The van der Waals surface area contributed by atoms with Gasteiger partial charge in [0.25, 0.3) is 11.8 Å². The molecule has 0 atom stereocenters. The first-order valence-electron chi connectivity index (χ1n) is 8.50. The highest BCUT2D eigenvalue weighted by Crippen LogP contribution is 2.21. The second-order valence-corrected chi connectivity index (χ2v) is 6.71. The Hall–Kier alpha value is -2.93. The summed E-state index contributed by atoms with van der Waals surface area (Å²) in [5.74, 6) is -0.600. The molecule has 2 heterocycles. The smallest absolute Gasteiger partial charge is 0.272 e. The van der Waals surface area contributed by atoms with Gasteiger partial charge in [0.1, 0.15) is 5.69 Å². The number of halogens is 1. The van der Waals surface area contributed by atoms with Crippen LogP contribution < -0.4 is 5.32 Å². The Morgan fingerprint density at radius 2 is 1.89 bits per heavy atom. The van der Waals surface area contributed by atoms with Crippen LogP contribution in [0.5, 0.6) is 0 Å². The monoisotopic (exact) mass is 386 g/mol. The van der Waals surface area contributed by atoms with Gasteiger partial charge >= 0.3 is 0 Å². The van der Waals surface area contributed by atoms with Crippen LogP contribution in [0.4, 0.5) is 5.69 Å². The SMILES string of the molecule is Cc1ccc(Cl)cc1NC(=O)c1ccnc(C(=O)N2CCN(C=O)CC2)c1. The topological polar surface area (TPSA) is 82.6 Å². The maximum atomic E-state index is 12.6. The summed E-state index contributed by atoms with van der Waals surface area (Å²) in [5, 5.41) is 3.33. The van der Waals surface area contributed by atoms with Crippen LogP contribution in [0.2, 0.25) is 5.02 Å². The zero-order chi connectivity index (χ0) is 19.4. The molecule has 1 aromatic carbocycles. The molecule has 2 aromatic rings. The zero-order valence-corrected chi connectivity index (χ0v) is 15.6. The van der Waals surface area contributed by atoms with E-state index < -0.39 is 0 Å². The first-order valence-corrected chi connectivity index (χ1v) is 8.88. The van der Waals surface area contributed by atoms with Crippen molar-refractivity contribution in [3.05, 3.63) is 58.4 Å². The highest BCUT2D eigenvalue weighted by molar-refractivity contribution is 6.31. The van der Waals surface area contributed by atoms with E-state index in [4.69, 9.17) is 11.6 Å². The van der Waals surface area contributed by atoms with Crippen molar-refractivity contribution in [2.75, 3.05) is 31.5 Å². The molecule has 27 heavy (non-hydrogen) atoms. The lowest BCUT2D eigenvalue weighted by Gasteiger charge is -2.32. The summed E-state index contributed by atoms with van der Waals surface area (Å²) in [4.78, 5) is 43.3. The van der Waals surface area contributed by atoms with Gasteiger partial charge in [0, 0.05) is 48.6 Å². The number of amides is 3. The summed E-state index contributed by atoms with van der Waals surface area (Å²) < 4.78 is 0. The molecule has 1 aliphatic rings. The highest BCUT2D eigenvalue weighted by Gasteiger charge is 2.23. The number of rotatable bonds is 4. The summed E-state index contributed by atoms with van der Waals surface area (Å²) in [7, 11) is 0. The van der Waals surface area contributed by atoms with E-state index in [0.29, 0.717) is 42.5 Å². The Bertz CT molecular complexity index is 879. The third kappa shape index (κ3) is 4.43. The number of anilines is 1. The van der Waals surface area contributed by atoms with E-state index in [0.717, 1.165) is 12.0 Å². The summed E-state index contributed by atoms with van der Waals surface area (Å²) in [6.07, 6.45) is 2.22. The van der Waals surface area contributed by atoms with Gasteiger partial charge < -0.3 is 15.1 Å². The number of carbonyl (C=O) groups is 3. The number of carbonyl (C=O) groups excluding carboxylic acids is 3. The molecule has 1 aromatic heterocycles. The third-order valence-corrected chi connectivity index (χ3v) is 4.67. The van der Waals surface area contributed by atoms with E-state index >= 15 is 0 Å². The van der Waals surface area contributed by atoms with Crippen molar-refractivity contribution < 1.29 is 14.4 Å². The molecule has 7 nitrogen and oxygen atoms in total. The zero-order valence-electron chi connectivity index (χ0n) is 14.8. The minimum atomic E-state index is -0.345. The van der Waals surface area contributed by atoms with Gasteiger partial charge in [-0.3, -0.25) is 19.4 Å². The molecule has 1 fully saturated rings. The highest BCUT2D eigenvalue weighted by atomic mass is 35.5. The molecular formula is C19H19ClN4O3. The van der Waals surface area contributed by atoms with Gasteiger partial charge in [0.2, 0.25) is 6.41 Å². The first kappa shape index (κ1) is 18.8. The lowest BCUT2D eigenvalue weighted by Crippen LogP contribution is -2.48. The molecule has 8 heteroatoms. The number of piperazine rings is 1. The largest absolute Gasteiger partial charge is 0.342 e. The molecule has 1 aliphatic heterocycles. The van der Waals surface area contributed by atoms with Crippen molar-refractivity contribution in [2.45, 2.75) is 6.92 Å². The number of aryl methyl sites for hydroxylation is 1. The van der Waals surface area contributed by atoms with Crippen LogP contribution in [0.1, 0.15) is 26.4 Å². The second kappa shape index (κ2) is 8.18. The van der Waals surface area contributed by atoms with E-state index in [1.165, 1.54) is 12.3 Å². The number of benzene rings is 1. The fourth-order valence-electron chi connectivity index (χ4n) is 2.80. The van der Waals surface area contributed by atoms with E-state index in [-0.39, 0.29) is 17.5 Å². The number of aromatic nitrogens is 1. The van der Waals surface area contributed by atoms with Crippen molar-refractivity contribution in [1.82, 2.24) is 14.8 Å². The molecule has 1 saturated heterocycles. The molecule has 0 aliphatic carbocycles. The quantitative estimate of drug-likeness (QED) is 0.817.